The van der Waals surface area contributed by atoms with Crippen molar-refractivity contribution < 1.29 is 33.8 Å². The Morgan fingerprint density at radius 3 is 2.55 bits per heavy atom. The molecule has 2 fully saturated rings. The molecule has 4 atom stereocenters. The van der Waals surface area contributed by atoms with Gasteiger partial charge in [-0.05, 0) is 12.1 Å². The van der Waals surface area contributed by atoms with Crippen LogP contribution in [-0.2, 0) is 9.53 Å². The fraction of sp³-hybridized carbons (Fsp3) is 0.500. The molecule has 2 saturated heterocycles. The third-order valence-electron chi connectivity index (χ3n) is 6.02. The van der Waals surface area contributed by atoms with E-state index in [2.05, 4.69) is 15.4 Å². The number of benzene rings is 1. The lowest BCUT2D eigenvalue weighted by Crippen LogP contribution is -2.50. The number of para-hydroxylation sites is 2. The van der Waals surface area contributed by atoms with Crippen molar-refractivity contribution in [2.75, 3.05) is 44.7 Å². The van der Waals surface area contributed by atoms with Crippen LogP contribution in [0.15, 0.2) is 41.1 Å². The van der Waals surface area contributed by atoms with Crippen molar-refractivity contribution in [3.8, 4) is 5.75 Å². The third-order valence-corrected chi connectivity index (χ3v) is 6.02. The highest BCUT2D eigenvalue weighted by Crippen LogP contribution is 2.29. The summed E-state index contributed by atoms with van der Waals surface area (Å²) in [6.07, 6.45) is -2.85. The highest BCUT2D eigenvalue weighted by atomic mass is 16.5. The van der Waals surface area contributed by atoms with Crippen molar-refractivity contribution in [1.29, 1.82) is 0 Å². The summed E-state index contributed by atoms with van der Waals surface area (Å²) in [4.78, 5) is 28.7. The van der Waals surface area contributed by atoms with Crippen LogP contribution in [0, 0.1) is 0 Å². The van der Waals surface area contributed by atoms with Crippen LogP contribution in [0.4, 0.5) is 5.69 Å². The van der Waals surface area contributed by atoms with Crippen LogP contribution in [0.1, 0.15) is 17.0 Å². The van der Waals surface area contributed by atoms with Gasteiger partial charge in [-0.2, -0.15) is 0 Å². The number of anilines is 1. The van der Waals surface area contributed by atoms with E-state index in [1.54, 1.807) is 12.0 Å². The Balaban J connectivity index is 1.26. The number of aromatic nitrogens is 1. The molecule has 0 unspecified atom stereocenters. The predicted molar refractivity (Wildman–Crippen MR) is 116 cm³/mol. The summed E-state index contributed by atoms with van der Waals surface area (Å²) >= 11 is 0. The molecule has 33 heavy (non-hydrogen) atoms. The molecule has 3 heterocycles. The molecule has 2 aromatic rings. The van der Waals surface area contributed by atoms with Crippen molar-refractivity contribution in [3.63, 3.8) is 0 Å². The highest BCUT2D eigenvalue weighted by Gasteiger charge is 2.44. The molecule has 4 rings (SSSR count). The molecule has 0 bridgehead atoms. The summed E-state index contributed by atoms with van der Waals surface area (Å²) in [5.74, 6) is 0.153. The quantitative estimate of drug-likeness (QED) is 0.506. The number of ether oxygens (including phenoxy) is 2. The van der Waals surface area contributed by atoms with Gasteiger partial charge in [0, 0.05) is 38.8 Å². The van der Waals surface area contributed by atoms with Gasteiger partial charge in [0.25, 0.3) is 5.91 Å². The first-order valence-electron chi connectivity index (χ1n) is 10.8. The molecule has 178 valence electrons. The van der Waals surface area contributed by atoms with E-state index in [1.165, 1.54) is 12.3 Å². The Kier molecular flexibility index (Phi) is 7.11. The zero-order valence-electron chi connectivity index (χ0n) is 18.3. The van der Waals surface area contributed by atoms with Crippen molar-refractivity contribution in [3.05, 3.63) is 42.3 Å². The minimum absolute atomic E-state index is 0.0297. The number of piperazine rings is 1. The van der Waals surface area contributed by atoms with Crippen LogP contribution in [-0.4, -0.2) is 96.3 Å². The maximum absolute atomic E-state index is 12.8. The summed E-state index contributed by atoms with van der Waals surface area (Å²) in [7, 11) is 1.63. The normalized spacial score (nSPS) is 25.2. The third kappa shape index (κ3) is 5.10. The number of hydrogen-bond donors (Lipinski definition) is 3. The second-order valence-electron chi connectivity index (χ2n) is 8.02. The number of aliphatic hydroxyl groups is 2. The van der Waals surface area contributed by atoms with Crippen LogP contribution in [0.2, 0.25) is 0 Å². The number of nitrogens with one attached hydrogen (secondary N) is 1. The highest BCUT2D eigenvalue weighted by molar-refractivity contribution is 5.91. The Morgan fingerprint density at radius 1 is 1.12 bits per heavy atom. The van der Waals surface area contributed by atoms with Crippen LogP contribution in [0.5, 0.6) is 5.75 Å². The van der Waals surface area contributed by atoms with Crippen LogP contribution in [0.3, 0.4) is 0 Å². The maximum Gasteiger partial charge on any atom is 0.289 e. The summed E-state index contributed by atoms with van der Waals surface area (Å²) in [6.45, 7) is 2.32. The maximum atomic E-state index is 12.8. The minimum atomic E-state index is -1.23. The molecule has 11 nitrogen and oxygen atoms in total. The number of amides is 2. The average molecular weight is 460 g/mol. The number of carbonyl (C=O) groups excluding carboxylic acids is 2. The molecule has 2 aliphatic rings. The van der Waals surface area contributed by atoms with Gasteiger partial charge in [0.15, 0.2) is 0 Å². The molecule has 0 radical (unpaired) electrons. The van der Waals surface area contributed by atoms with Gasteiger partial charge in [-0.25, -0.2) is 0 Å². The van der Waals surface area contributed by atoms with E-state index in [0.29, 0.717) is 26.2 Å². The van der Waals surface area contributed by atoms with Gasteiger partial charge in [-0.1, -0.05) is 17.3 Å². The Labute approximate surface area is 190 Å². The molecule has 0 aliphatic carbocycles. The fourth-order valence-electron chi connectivity index (χ4n) is 4.17. The van der Waals surface area contributed by atoms with Gasteiger partial charge in [0.2, 0.25) is 11.7 Å². The van der Waals surface area contributed by atoms with Gasteiger partial charge in [-0.15, -0.1) is 0 Å². The first-order valence-corrected chi connectivity index (χ1v) is 10.8. The first-order chi connectivity index (χ1) is 16.0. The lowest BCUT2D eigenvalue weighted by molar-refractivity contribution is -0.135. The summed E-state index contributed by atoms with van der Waals surface area (Å²) < 4.78 is 15.9. The van der Waals surface area contributed by atoms with E-state index in [1.807, 2.05) is 24.3 Å². The van der Waals surface area contributed by atoms with Crippen LogP contribution < -0.4 is 15.0 Å². The van der Waals surface area contributed by atoms with E-state index >= 15 is 0 Å². The van der Waals surface area contributed by atoms with Crippen molar-refractivity contribution in [2.45, 2.75) is 30.8 Å². The summed E-state index contributed by atoms with van der Waals surface area (Å²) in [6, 6.07) is 9.16. The van der Waals surface area contributed by atoms with E-state index in [9.17, 15) is 19.8 Å². The molecule has 2 amide bonds. The van der Waals surface area contributed by atoms with E-state index < -0.39 is 30.3 Å². The molecular formula is C22H28N4O7. The molecule has 1 aromatic carbocycles. The van der Waals surface area contributed by atoms with Crippen LogP contribution in [0.25, 0.3) is 0 Å². The van der Waals surface area contributed by atoms with Gasteiger partial charge < -0.3 is 39.3 Å². The lowest BCUT2D eigenvalue weighted by atomic mass is 10.0. The molecule has 0 saturated carbocycles. The Morgan fingerprint density at radius 2 is 1.85 bits per heavy atom. The zero-order chi connectivity index (χ0) is 23.4. The Hall–Kier alpha value is -3.15. The van der Waals surface area contributed by atoms with Gasteiger partial charge >= 0.3 is 0 Å². The average Bonchev–Trinajstić information content (AvgIpc) is 3.48. The number of nitrogens with zero attached hydrogens (tertiary/aromatic N) is 3. The molecule has 0 spiro atoms. The molecular weight excluding hydrogens is 432 g/mol. The molecule has 1 aromatic heterocycles. The van der Waals surface area contributed by atoms with E-state index in [4.69, 9.17) is 14.0 Å². The summed E-state index contributed by atoms with van der Waals surface area (Å²) in [5.41, 5.74) is 0.986. The second kappa shape index (κ2) is 10.2. The van der Waals surface area contributed by atoms with Crippen LogP contribution >= 0.6 is 0 Å². The standard InChI is InChI=1S/C22H28N4O7/c1-31-15-5-3-2-4-14(15)25-8-10-26(11-9-25)19(27)12-17-20(28)21(29)18(32-17)13-23-22(30)16-6-7-24-33-16/h2-7,17-18,20-21,28-29H,8-13H2,1H3,(H,23,30)/t17-,18-,20+,21-/m1/s1. The second-order valence-corrected chi connectivity index (χ2v) is 8.02. The smallest absolute Gasteiger partial charge is 0.289 e. The SMILES string of the molecule is COc1ccccc1N1CCN(C(=O)C[C@H]2O[C@H](CNC(=O)c3ccno3)[C@@H](O)[C@H]2O)CC1. The summed E-state index contributed by atoms with van der Waals surface area (Å²) in [5, 5.41) is 26.7. The lowest BCUT2D eigenvalue weighted by Gasteiger charge is -2.37. The van der Waals surface area contributed by atoms with E-state index in [-0.39, 0.29) is 24.6 Å². The van der Waals surface area contributed by atoms with Crippen molar-refractivity contribution >= 4 is 17.5 Å². The van der Waals surface area contributed by atoms with Gasteiger partial charge in [0.05, 0.1) is 31.5 Å². The number of aliphatic hydroxyl groups excluding tert-OH is 2. The van der Waals surface area contributed by atoms with Crippen molar-refractivity contribution in [2.24, 2.45) is 0 Å². The van der Waals surface area contributed by atoms with Gasteiger partial charge in [0.1, 0.15) is 24.1 Å². The fourth-order valence-corrected chi connectivity index (χ4v) is 4.17. The van der Waals surface area contributed by atoms with Crippen molar-refractivity contribution in [1.82, 2.24) is 15.4 Å². The largest absolute Gasteiger partial charge is 0.495 e. The zero-order valence-corrected chi connectivity index (χ0v) is 18.3. The van der Waals surface area contributed by atoms with Gasteiger partial charge in [-0.3, -0.25) is 9.59 Å². The molecule has 2 aliphatic heterocycles. The number of rotatable bonds is 7. The topological polar surface area (TPSA) is 138 Å². The first kappa shape index (κ1) is 23.0. The number of methoxy groups -OCH3 is 1. The Bertz CT molecular complexity index is 946. The van der Waals surface area contributed by atoms with E-state index in [0.717, 1.165) is 11.4 Å². The predicted octanol–water partition coefficient (Wildman–Crippen LogP) is -0.359. The minimum Gasteiger partial charge on any atom is -0.495 e. The number of hydrogen-bond acceptors (Lipinski definition) is 9. The molecule has 11 heteroatoms. The monoisotopic (exact) mass is 460 g/mol. The molecule has 3 N–H and O–H groups in total. The number of carbonyl (C=O) groups is 2.